The van der Waals surface area contributed by atoms with Crippen LogP contribution in [0.3, 0.4) is 0 Å². The van der Waals surface area contributed by atoms with Crippen molar-refractivity contribution in [1.29, 1.82) is 0 Å². The monoisotopic (exact) mass is 316 g/mol. The van der Waals surface area contributed by atoms with E-state index >= 15 is 0 Å². The van der Waals surface area contributed by atoms with Crippen molar-refractivity contribution in [1.82, 2.24) is 9.97 Å². The standard InChI is InChI=1S/C16H14F2N4O/c17-10-2-4-13(18)12(8-10)9-1-3-11-14(7-9)21-16(19)22-15(11)20-5-6-23/h1-4,7-8,23H,5-6H2,(H3,19,20,21,22). The van der Waals surface area contributed by atoms with Crippen LogP contribution in [-0.2, 0) is 0 Å². The molecule has 118 valence electrons. The van der Waals surface area contributed by atoms with Crippen molar-refractivity contribution in [2.45, 2.75) is 0 Å². The van der Waals surface area contributed by atoms with Gasteiger partial charge in [0, 0.05) is 17.5 Å². The van der Waals surface area contributed by atoms with Crippen LogP contribution in [0, 0.1) is 11.6 Å². The van der Waals surface area contributed by atoms with E-state index < -0.39 is 11.6 Å². The number of aromatic nitrogens is 2. The Kier molecular flexibility index (Phi) is 4.03. The molecule has 0 saturated carbocycles. The molecule has 0 saturated heterocycles. The SMILES string of the molecule is Nc1nc(NCCO)c2ccc(-c3cc(F)ccc3F)cc2n1. The lowest BCUT2D eigenvalue weighted by Gasteiger charge is -2.10. The van der Waals surface area contributed by atoms with Crippen LogP contribution in [0.25, 0.3) is 22.0 Å². The molecule has 0 aliphatic rings. The Hall–Kier alpha value is -2.80. The molecule has 0 spiro atoms. The van der Waals surface area contributed by atoms with Crippen LogP contribution in [0.4, 0.5) is 20.5 Å². The molecule has 3 rings (SSSR count). The number of fused-ring (bicyclic) bond motifs is 1. The minimum absolute atomic E-state index is 0.0507. The van der Waals surface area contributed by atoms with Crippen molar-refractivity contribution >= 4 is 22.7 Å². The number of hydrogen-bond donors (Lipinski definition) is 3. The lowest BCUT2D eigenvalue weighted by Crippen LogP contribution is -2.09. The molecule has 4 N–H and O–H groups in total. The van der Waals surface area contributed by atoms with E-state index in [1.165, 1.54) is 0 Å². The zero-order valence-corrected chi connectivity index (χ0v) is 12.1. The number of halogens is 2. The van der Waals surface area contributed by atoms with Crippen LogP contribution in [0.1, 0.15) is 0 Å². The number of aliphatic hydroxyl groups is 1. The molecule has 1 heterocycles. The average Bonchev–Trinajstić information content (AvgIpc) is 2.54. The Balaban J connectivity index is 2.13. The van der Waals surface area contributed by atoms with E-state index in [0.717, 1.165) is 18.2 Å². The van der Waals surface area contributed by atoms with Crippen LogP contribution in [0.5, 0.6) is 0 Å². The summed E-state index contributed by atoms with van der Waals surface area (Å²) < 4.78 is 27.3. The molecule has 0 fully saturated rings. The third kappa shape index (κ3) is 3.04. The summed E-state index contributed by atoms with van der Waals surface area (Å²) in [6, 6.07) is 8.26. The van der Waals surface area contributed by atoms with Crippen molar-refractivity contribution < 1.29 is 13.9 Å². The number of aliphatic hydroxyl groups excluding tert-OH is 1. The molecule has 0 amide bonds. The van der Waals surface area contributed by atoms with Gasteiger partial charge in [0.05, 0.1) is 12.1 Å². The zero-order valence-electron chi connectivity index (χ0n) is 12.1. The molecule has 23 heavy (non-hydrogen) atoms. The van der Waals surface area contributed by atoms with Crippen LogP contribution in [0.2, 0.25) is 0 Å². The van der Waals surface area contributed by atoms with Crippen molar-refractivity contribution in [3.05, 3.63) is 48.0 Å². The Morgan fingerprint density at radius 3 is 2.70 bits per heavy atom. The number of rotatable bonds is 4. The van der Waals surface area contributed by atoms with Gasteiger partial charge in [-0.1, -0.05) is 6.07 Å². The fourth-order valence-corrected chi connectivity index (χ4v) is 2.34. The molecule has 5 nitrogen and oxygen atoms in total. The lowest BCUT2D eigenvalue weighted by molar-refractivity contribution is 0.311. The van der Waals surface area contributed by atoms with Crippen molar-refractivity contribution in [3.8, 4) is 11.1 Å². The number of anilines is 2. The summed E-state index contributed by atoms with van der Waals surface area (Å²) in [5.41, 5.74) is 6.81. The van der Waals surface area contributed by atoms with Crippen molar-refractivity contribution in [3.63, 3.8) is 0 Å². The van der Waals surface area contributed by atoms with Gasteiger partial charge in [0.25, 0.3) is 0 Å². The predicted octanol–water partition coefficient (Wildman–Crippen LogP) is 2.56. The number of nitrogens with one attached hydrogen (secondary N) is 1. The molecule has 7 heteroatoms. The van der Waals surface area contributed by atoms with E-state index in [9.17, 15) is 8.78 Å². The number of benzene rings is 2. The highest BCUT2D eigenvalue weighted by Crippen LogP contribution is 2.29. The molecule has 0 aliphatic carbocycles. The first-order valence-electron chi connectivity index (χ1n) is 6.96. The first-order valence-corrected chi connectivity index (χ1v) is 6.96. The van der Waals surface area contributed by atoms with E-state index in [0.29, 0.717) is 28.8 Å². The third-order valence-corrected chi connectivity index (χ3v) is 3.36. The number of nitrogen functional groups attached to an aromatic ring is 1. The topological polar surface area (TPSA) is 84.1 Å². The third-order valence-electron chi connectivity index (χ3n) is 3.36. The first-order chi connectivity index (χ1) is 11.1. The molecule has 2 aromatic carbocycles. The van der Waals surface area contributed by atoms with E-state index in [1.807, 2.05) is 0 Å². The summed E-state index contributed by atoms with van der Waals surface area (Å²) in [6.07, 6.45) is 0. The molecular formula is C16H14F2N4O. The second kappa shape index (κ2) is 6.13. The van der Waals surface area contributed by atoms with Crippen LogP contribution < -0.4 is 11.1 Å². The molecular weight excluding hydrogens is 302 g/mol. The largest absolute Gasteiger partial charge is 0.395 e. The molecule has 1 aromatic heterocycles. The second-order valence-corrected chi connectivity index (χ2v) is 4.94. The smallest absolute Gasteiger partial charge is 0.222 e. The van der Waals surface area contributed by atoms with Gasteiger partial charge >= 0.3 is 0 Å². The molecule has 0 bridgehead atoms. The Bertz CT molecular complexity index is 870. The highest BCUT2D eigenvalue weighted by atomic mass is 19.1. The van der Waals surface area contributed by atoms with Crippen molar-refractivity contribution in [2.75, 3.05) is 24.2 Å². The summed E-state index contributed by atoms with van der Waals surface area (Å²) in [7, 11) is 0. The van der Waals surface area contributed by atoms with Gasteiger partial charge in [-0.25, -0.2) is 13.8 Å². The molecule has 3 aromatic rings. The fourth-order valence-electron chi connectivity index (χ4n) is 2.34. The Labute approximate surface area is 130 Å². The highest BCUT2D eigenvalue weighted by Gasteiger charge is 2.11. The zero-order chi connectivity index (χ0) is 16.4. The minimum Gasteiger partial charge on any atom is -0.395 e. The Morgan fingerprint density at radius 1 is 1.09 bits per heavy atom. The highest BCUT2D eigenvalue weighted by molar-refractivity contribution is 5.93. The molecule has 0 radical (unpaired) electrons. The van der Waals surface area contributed by atoms with Gasteiger partial charge in [0.1, 0.15) is 17.5 Å². The maximum absolute atomic E-state index is 13.9. The number of hydrogen-bond acceptors (Lipinski definition) is 5. The maximum atomic E-state index is 13.9. The van der Waals surface area contributed by atoms with Crippen molar-refractivity contribution in [2.24, 2.45) is 0 Å². The van der Waals surface area contributed by atoms with Gasteiger partial charge < -0.3 is 16.2 Å². The second-order valence-electron chi connectivity index (χ2n) is 4.94. The maximum Gasteiger partial charge on any atom is 0.222 e. The molecule has 0 aliphatic heterocycles. The van der Waals surface area contributed by atoms with Crippen LogP contribution >= 0.6 is 0 Å². The van der Waals surface area contributed by atoms with Gasteiger partial charge in [0.2, 0.25) is 5.95 Å². The predicted molar refractivity (Wildman–Crippen MR) is 84.9 cm³/mol. The normalized spacial score (nSPS) is 10.9. The average molecular weight is 316 g/mol. The minimum atomic E-state index is -0.522. The number of nitrogens with two attached hydrogens (primary N) is 1. The van der Waals surface area contributed by atoms with E-state index in [-0.39, 0.29) is 18.1 Å². The van der Waals surface area contributed by atoms with Gasteiger partial charge in [-0.15, -0.1) is 0 Å². The number of nitrogens with zero attached hydrogens (tertiary/aromatic N) is 2. The summed E-state index contributed by atoms with van der Waals surface area (Å²) in [5.74, 6) is -0.511. The Morgan fingerprint density at radius 2 is 1.91 bits per heavy atom. The lowest BCUT2D eigenvalue weighted by atomic mass is 10.0. The quantitative estimate of drug-likeness (QED) is 0.689. The van der Waals surface area contributed by atoms with E-state index in [2.05, 4.69) is 15.3 Å². The first kappa shape index (κ1) is 15.1. The summed E-state index contributed by atoms with van der Waals surface area (Å²) in [6.45, 7) is 0.254. The van der Waals surface area contributed by atoms with E-state index in [4.69, 9.17) is 10.8 Å². The van der Waals surface area contributed by atoms with Crippen LogP contribution in [0.15, 0.2) is 36.4 Å². The molecule has 0 atom stereocenters. The van der Waals surface area contributed by atoms with Gasteiger partial charge in [0.15, 0.2) is 0 Å². The van der Waals surface area contributed by atoms with Gasteiger partial charge in [-0.2, -0.15) is 4.98 Å². The summed E-state index contributed by atoms with van der Waals surface area (Å²) in [4.78, 5) is 8.21. The van der Waals surface area contributed by atoms with Crippen LogP contribution in [-0.4, -0.2) is 28.2 Å². The van der Waals surface area contributed by atoms with E-state index in [1.54, 1.807) is 18.2 Å². The fraction of sp³-hybridized carbons (Fsp3) is 0.125. The summed E-state index contributed by atoms with van der Waals surface area (Å²) in [5, 5.41) is 12.5. The molecule has 0 unspecified atom stereocenters. The van der Waals surface area contributed by atoms with Gasteiger partial charge in [-0.05, 0) is 35.9 Å². The van der Waals surface area contributed by atoms with Gasteiger partial charge in [-0.3, -0.25) is 0 Å². The summed E-state index contributed by atoms with van der Waals surface area (Å²) >= 11 is 0.